The molecule has 6 nitrogen and oxygen atoms in total. The number of non-ortho nitro benzene ring substituents is 1. The van der Waals surface area contributed by atoms with Gasteiger partial charge in [-0.2, -0.15) is 0 Å². The van der Waals surface area contributed by atoms with Crippen LogP contribution in [-0.2, 0) is 6.42 Å². The van der Waals surface area contributed by atoms with Gasteiger partial charge in [-0.1, -0.05) is 36.4 Å². The lowest BCUT2D eigenvalue weighted by Gasteiger charge is -2.36. The molecule has 0 spiro atoms. The van der Waals surface area contributed by atoms with Crippen LogP contribution in [0.25, 0.3) is 0 Å². The molecule has 1 aliphatic rings. The zero-order chi connectivity index (χ0) is 17.6. The highest BCUT2D eigenvalue weighted by molar-refractivity contribution is 5.53. The SMILES string of the molecule is O=[N+]([O-])c1cccc(N2CCN(C[C@H](O)Cc3ccccc3)CC2)c1. The Kier molecular flexibility index (Phi) is 5.63. The third kappa shape index (κ3) is 4.78. The van der Waals surface area contributed by atoms with E-state index in [2.05, 4.69) is 9.80 Å². The molecule has 132 valence electrons. The van der Waals surface area contributed by atoms with Crippen molar-refractivity contribution in [2.75, 3.05) is 37.6 Å². The molecule has 0 radical (unpaired) electrons. The number of β-amino-alcohol motifs (C(OH)–C–C–N with tert-alkyl or cyclic N) is 1. The molecular weight excluding hydrogens is 318 g/mol. The van der Waals surface area contributed by atoms with E-state index in [1.165, 1.54) is 6.07 Å². The van der Waals surface area contributed by atoms with Crippen molar-refractivity contribution in [3.05, 3.63) is 70.3 Å². The number of aliphatic hydroxyl groups is 1. The molecule has 0 unspecified atom stereocenters. The maximum atomic E-state index is 10.9. The molecule has 1 atom stereocenters. The normalized spacial score (nSPS) is 16.6. The van der Waals surface area contributed by atoms with Crippen molar-refractivity contribution in [3.63, 3.8) is 0 Å². The minimum Gasteiger partial charge on any atom is -0.391 e. The van der Waals surface area contributed by atoms with Crippen LogP contribution in [0.4, 0.5) is 11.4 Å². The minimum absolute atomic E-state index is 0.123. The molecule has 1 N–H and O–H groups in total. The first-order valence-electron chi connectivity index (χ1n) is 8.55. The molecule has 1 fully saturated rings. The van der Waals surface area contributed by atoms with Gasteiger partial charge in [0.05, 0.1) is 11.0 Å². The summed E-state index contributed by atoms with van der Waals surface area (Å²) in [7, 11) is 0. The second-order valence-corrected chi connectivity index (χ2v) is 6.41. The van der Waals surface area contributed by atoms with Crippen LogP contribution in [0.1, 0.15) is 5.56 Å². The molecule has 6 heteroatoms. The minimum atomic E-state index is -0.383. The van der Waals surface area contributed by atoms with Crippen LogP contribution >= 0.6 is 0 Å². The van der Waals surface area contributed by atoms with Gasteiger partial charge in [-0.25, -0.2) is 0 Å². The van der Waals surface area contributed by atoms with Crippen molar-refractivity contribution in [2.45, 2.75) is 12.5 Å². The predicted octanol–water partition coefficient (Wildman–Crippen LogP) is 2.32. The molecule has 1 heterocycles. The van der Waals surface area contributed by atoms with Gasteiger partial charge in [-0.3, -0.25) is 15.0 Å². The molecule has 0 saturated carbocycles. The summed E-state index contributed by atoms with van der Waals surface area (Å²) in [5.74, 6) is 0. The van der Waals surface area contributed by atoms with E-state index in [0.29, 0.717) is 13.0 Å². The number of aliphatic hydroxyl groups excluding tert-OH is 1. The third-order valence-corrected chi connectivity index (χ3v) is 4.56. The van der Waals surface area contributed by atoms with E-state index in [1.807, 2.05) is 36.4 Å². The first-order valence-corrected chi connectivity index (χ1v) is 8.55. The van der Waals surface area contributed by atoms with Crippen LogP contribution in [0.15, 0.2) is 54.6 Å². The fraction of sp³-hybridized carbons (Fsp3) is 0.368. The summed E-state index contributed by atoms with van der Waals surface area (Å²) in [4.78, 5) is 15.0. The largest absolute Gasteiger partial charge is 0.391 e. The lowest BCUT2D eigenvalue weighted by Crippen LogP contribution is -2.48. The Morgan fingerprint density at radius 3 is 2.44 bits per heavy atom. The highest BCUT2D eigenvalue weighted by atomic mass is 16.6. The molecule has 2 aromatic carbocycles. The van der Waals surface area contributed by atoms with E-state index in [1.54, 1.807) is 12.1 Å². The summed E-state index contributed by atoms with van der Waals surface area (Å²) >= 11 is 0. The van der Waals surface area contributed by atoms with E-state index >= 15 is 0 Å². The van der Waals surface area contributed by atoms with Gasteiger partial charge < -0.3 is 10.0 Å². The highest BCUT2D eigenvalue weighted by Gasteiger charge is 2.20. The second-order valence-electron chi connectivity index (χ2n) is 6.41. The average Bonchev–Trinajstić information content (AvgIpc) is 2.63. The Bertz CT molecular complexity index is 700. The van der Waals surface area contributed by atoms with Crippen molar-refractivity contribution in [3.8, 4) is 0 Å². The van der Waals surface area contributed by atoms with Crippen LogP contribution in [0, 0.1) is 10.1 Å². The molecule has 1 saturated heterocycles. The van der Waals surface area contributed by atoms with Gasteiger partial charge in [0.25, 0.3) is 5.69 Å². The smallest absolute Gasteiger partial charge is 0.271 e. The van der Waals surface area contributed by atoms with Crippen LogP contribution < -0.4 is 4.90 Å². The van der Waals surface area contributed by atoms with Gasteiger partial charge in [0.1, 0.15) is 0 Å². The van der Waals surface area contributed by atoms with Gasteiger partial charge in [0.15, 0.2) is 0 Å². The lowest BCUT2D eigenvalue weighted by molar-refractivity contribution is -0.384. The van der Waals surface area contributed by atoms with Crippen LogP contribution in [0.3, 0.4) is 0 Å². The van der Waals surface area contributed by atoms with Crippen molar-refractivity contribution >= 4 is 11.4 Å². The first kappa shape index (κ1) is 17.4. The van der Waals surface area contributed by atoms with E-state index < -0.39 is 0 Å². The number of anilines is 1. The van der Waals surface area contributed by atoms with E-state index in [9.17, 15) is 15.2 Å². The number of hydrogen-bond donors (Lipinski definition) is 1. The monoisotopic (exact) mass is 341 g/mol. The van der Waals surface area contributed by atoms with Crippen molar-refractivity contribution in [1.82, 2.24) is 4.90 Å². The van der Waals surface area contributed by atoms with Gasteiger partial charge >= 0.3 is 0 Å². The maximum Gasteiger partial charge on any atom is 0.271 e. The average molecular weight is 341 g/mol. The number of hydrogen-bond acceptors (Lipinski definition) is 5. The molecule has 0 aromatic heterocycles. The summed E-state index contributed by atoms with van der Waals surface area (Å²) in [5.41, 5.74) is 2.15. The Morgan fingerprint density at radius 2 is 1.76 bits per heavy atom. The zero-order valence-electron chi connectivity index (χ0n) is 14.1. The zero-order valence-corrected chi connectivity index (χ0v) is 14.1. The molecule has 3 rings (SSSR count). The van der Waals surface area contributed by atoms with Gasteiger partial charge in [0, 0.05) is 50.5 Å². The Balaban J connectivity index is 1.50. The molecule has 25 heavy (non-hydrogen) atoms. The third-order valence-electron chi connectivity index (χ3n) is 4.56. The Labute approximate surface area is 147 Å². The van der Waals surface area contributed by atoms with E-state index in [0.717, 1.165) is 37.4 Å². The number of nitro benzene ring substituents is 1. The number of rotatable bonds is 6. The summed E-state index contributed by atoms with van der Waals surface area (Å²) in [5, 5.41) is 21.2. The van der Waals surface area contributed by atoms with E-state index in [4.69, 9.17) is 0 Å². The van der Waals surface area contributed by atoms with Gasteiger partial charge in [-0.05, 0) is 18.1 Å². The summed E-state index contributed by atoms with van der Waals surface area (Å²) in [6.07, 6.45) is 0.276. The summed E-state index contributed by atoms with van der Waals surface area (Å²) < 4.78 is 0. The van der Waals surface area contributed by atoms with Crippen molar-refractivity contribution in [2.24, 2.45) is 0 Å². The fourth-order valence-electron chi connectivity index (χ4n) is 3.24. The standard InChI is InChI=1S/C19H23N3O3/c23-19(13-16-5-2-1-3-6-16)15-20-9-11-21(12-10-20)17-7-4-8-18(14-17)22(24)25/h1-8,14,19,23H,9-13,15H2/t19-/m1/s1. The number of nitrogens with zero attached hydrogens (tertiary/aromatic N) is 3. The number of nitro groups is 1. The molecule has 0 aliphatic carbocycles. The fourth-order valence-corrected chi connectivity index (χ4v) is 3.24. The van der Waals surface area contributed by atoms with Gasteiger partial charge in [0.2, 0.25) is 0 Å². The van der Waals surface area contributed by atoms with Crippen molar-refractivity contribution in [1.29, 1.82) is 0 Å². The summed E-state index contributed by atoms with van der Waals surface area (Å²) in [6, 6.07) is 16.8. The molecule has 0 amide bonds. The highest BCUT2D eigenvalue weighted by Crippen LogP contribution is 2.22. The number of piperazine rings is 1. The van der Waals surface area contributed by atoms with Crippen LogP contribution in [0.2, 0.25) is 0 Å². The van der Waals surface area contributed by atoms with E-state index in [-0.39, 0.29) is 16.7 Å². The predicted molar refractivity (Wildman–Crippen MR) is 97.9 cm³/mol. The molecule has 0 bridgehead atoms. The Morgan fingerprint density at radius 1 is 1.04 bits per heavy atom. The lowest BCUT2D eigenvalue weighted by atomic mass is 10.1. The number of benzene rings is 2. The molecule has 1 aliphatic heterocycles. The Hall–Kier alpha value is -2.44. The summed E-state index contributed by atoms with van der Waals surface area (Å²) in [6.45, 7) is 3.94. The van der Waals surface area contributed by atoms with Crippen LogP contribution in [0.5, 0.6) is 0 Å². The van der Waals surface area contributed by atoms with Gasteiger partial charge in [-0.15, -0.1) is 0 Å². The second kappa shape index (κ2) is 8.09. The van der Waals surface area contributed by atoms with Crippen LogP contribution in [-0.4, -0.2) is 53.8 Å². The quantitative estimate of drug-likeness (QED) is 0.645. The maximum absolute atomic E-state index is 10.9. The first-order chi connectivity index (χ1) is 12.1. The molecular formula is C19H23N3O3. The topological polar surface area (TPSA) is 69.9 Å². The van der Waals surface area contributed by atoms with Crippen molar-refractivity contribution < 1.29 is 10.0 Å². The molecule has 2 aromatic rings.